The molecule has 0 aliphatic heterocycles. The van der Waals surface area contributed by atoms with E-state index in [9.17, 15) is 9.59 Å². The Labute approximate surface area is 219 Å². The van der Waals surface area contributed by atoms with Gasteiger partial charge in [0.1, 0.15) is 5.82 Å². The van der Waals surface area contributed by atoms with Crippen molar-refractivity contribution >= 4 is 16.8 Å². The number of carbonyl (C=O) groups is 1. The molecule has 1 unspecified atom stereocenters. The minimum absolute atomic E-state index is 0.0889. The van der Waals surface area contributed by atoms with Crippen LogP contribution in [0.5, 0.6) is 0 Å². The lowest BCUT2D eigenvalue weighted by molar-refractivity contribution is -0.134. The van der Waals surface area contributed by atoms with Crippen molar-refractivity contribution in [1.82, 2.24) is 14.5 Å². The van der Waals surface area contributed by atoms with Gasteiger partial charge in [0.05, 0.1) is 22.6 Å². The molecule has 0 radical (unpaired) electrons. The number of rotatable bonds is 11. The molecule has 5 nitrogen and oxygen atoms in total. The molecule has 1 atom stereocenters. The van der Waals surface area contributed by atoms with Crippen molar-refractivity contribution in [1.29, 1.82) is 0 Å². The van der Waals surface area contributed by atoms with Crippen molar-refractivity contribution < 1.29 is 4.79 Å². The Balaban J connectivity index is 1.78. The first-order valence-corrected chi connectivity index (χ1v) is 13.4. The maximum Gasteiger partial charge on any atom is 0.266 e. The number of para-hydroxylation sites is 1. The van der Waals surface area contributed by atoms with Gasteiger partial charge in [-0.3, -0.25) is 14.2 Å². The molecule has 0 spiro atoms. The maximum absolute atomic E-state index is 13.8. The number of amides is 1. The van der Waals surface area contributed by atoms with Gasteiger partial charge in [0.25, 0.3) is 5.56 Å². The fourth-order valence-corrected chi connectivity index (χ4v) is 4.83. The van der Waals surface area contributed by atoms with Gasteiger partial charge >= 0.3 is 0 Å². The van der Waals surface area contributed by atoms with Crippen LogP contribution in [0.2, 0.25) is 0 Å². The summed E-state index contributed by atoms with van der Waals surface area (Å²) in [4.78, 5) is 34.3. The van der Waals surface area contributed by atoms with Crippen molar-refractivity contribution in [3.63, 3.8) is 0 Å². The smallest absolute Gasteiger partial charge is 0.266 e. The largest absolute Gasteiger partial charge is 0.328 e. The van der Waals surface area contributed by atoms with Crippen LogP contribution < -0.4 is 5.56 Å². The lowest BCUT2D eigenvalue weighted by Crippen LogP contribution is -2.37. The average molecular weight is 496 g/mol. The molecule has 0 fully saturated rings. The summed E-state index contributed by atoms with van der Waals surface area (Å²) in [6.45, 7) is 6.65. The number of aryl methyl sites for hydroxylation is 1. The van der Waals surface area contributed by atoms with E-state index in [0.29, 0.717) is 29.7 Å². The molecule has 0 aliphatic carbocycles. The van der Waals surface area contributed by atoms with E-state index in [1.165, 1.54) is 12.8 Å². The van der Waals surface area contributed by atoms with Crippen LogP contribution >= 0.6 is 0 Å². The summed E-state index contributed by atoms with van der Waals surface area (Å²) in [6.07, 6.45) is 5.93. The maximum atomic E-state index is 13.8. The highest BCUT2D eigenvalue weighted by molar-refractivity contribution is 5.79. The molecular formula is C32H37N3O2. The lowest BCUT2D eigenvalue weighted by atomic mass is 10.1. The third-order valence-corrected chi connectivity index (χ3v) is 6.91. The number of benzene rings is 3. The number of fused-ring (bicyclic) bond motifs is 1. The molecule has 0 bridgehead atoms. The summed E-state index contributed by atoms with van der Waals surface area (Å²) < 4.78 is 1.69. The first-order valence-electron chi connectivity index (χ1n) is 13.4. The van der Waals surface area contributed by atoms with Crippen molar-refractivity contribution in [2.24, 2.45) is 0 Å². The molecule has 1 aromatic heterocycles. The molecule has 0 N–H and O–H groups in total. The highest BCUT2D eigenvalue weighted by Crippen LogP contribution is 2.26. The van der Waals surface area contributed by atoms with Crippen LogP contribution in [0, 0.1) is 6.92 Å². The molecule has 0 aliphatic rings. The van der Waals surface area contributed by atoms with E-state index >= 15 is 0 Å². The molecule has 4 rings (SSSR count). The van der Waals surface area contributed by atoms with Gasteiger partial charge in [0.2, 0.25) is 5.91 Å². The normalized spacial score (nSPS) is 12.0. The second-order valence-corrected chi connectivity index (χ2v) is 9.81. The zero-order valence-electron chi connectivity index (χ0n) is 22.2. The summed E-state index contributed by atoms with van der Waals surface area (Å²) >= 11 is 0. The minimum atomic E-state index is -0.402. The second-order valence-electron chi connectivity index (χ2n) is 9.81. The molecule has 37 heavy (non-hydrogen) atoms. The molecule has 1 amide bonds. The summed E-state index contributed by atoms with van der Waals surface area (Å²) in [6, 6.07) is 24.9. The van der Waals surface area contributed by atoms with Gasteiger partial charge in [-0.15, -0.1) is 0 Å². The van der Waals surface area contributed by atoms with Crippen molar-refractivity contribution in [3.05, 3.63) is 106 Å². The van der Waals surface area contributed by atoms with E-state index in [2.05, 4.69) is 6.92 Å². The Hall–Kier alpha value is -3.73. The standard InChI is InChI=1S/C32H37N3O2/c1-4-5-6-7-11-21-30(36)34(23-26-16-9-8-10-17-26)25(3)31-33-29-20-13-12-19-28(29)32(37)35(31)27-18-14-15-24(2)22-27/h8-10,12-20,22,25H,4-7,11,21,23H2,1-3H3. The molecule has 5 heteroatoms. The van der Waals surface area contributed by atoms with Gasteiger partial charge in [0, 0.05) is 13.0 Å². The van der Waals surface area contributed by atoms with Crippen LogP contribution in [0.4, 0.5) is 0 Å². The van der Waals surface area contributed by atoms with Crippen molar-refractivity contribution in [3.8, 4) is 5.69 Å². The van der Waals surface area contributed by atoms with Gasteiger partial charge in [-0.25, -0.2) is 4.98 Å². The summed E-state index contributed by atoms with van der Waals surface area (Å²) in [5, 5.41) is 0.566. The van der Waals surface area contributed by atoms with E-state index in [-0.39, 0.29) is 11.5 Å². The first-order chi connectivity index (χ1) is 18.0. The number of carbonyl (C=O) groups excluding carboxylic acids is 1. The Bertz CT molecular complexity index is 1390. The van der Waals surface area contributed by atoms with Crippen LogP contribution in [0.15, 0.2) is 83.7 Å². The SMILES string of the molecule is CCCCCCCC(=O)N(Cc1ccccc1)C(C)c1nc2ccccc2c(=O)n1-c1cccc(C)c1. The van der Waals surface area contributed by atoms with Gasteiger partial charge in [-0.2, -0.15) is 0 Å². The first kappa shape index (κ1) is 26.3. The quantitative estimate of drug-likeness (QED) is 0.208. The van der Waals surface area contributed by atoms with Crippen molar-refractivity contribution in [2.75, 3.05) is 0 Å². The van der Waals surface area contributed by atoms with Crippen LogP contribution in [-0.2, 0) is 11.3 Å². The fraction of sp³-hybridized carbons (Fsp3) is 0.344. The molecule has 1 heterocycles. The van der Waals surface area contributed by atoms with Gasteiger partial charge in [0.15, 0.2) is 0 Å². The highest BCUT2D eigenvalue weighted by atomic mass is 16.2. The predicted molar refractivity (Wildman–Crippen MR) is 151 cm³/mol. The zero-order chi connectivity index (χ0) is 26.2. The zero-order valence-corrected chi connectivity index (χ0v) is 22.2. The van der Waals surface area contributed by atoms with Crippen LogP contribution in [0.25, 0.3) is 16.6 Å². The molecule has 3 aromatic carbocycles. The van der Waals surface area contributed by atoms with Crippen LogP contribution in [0.3, 0.4) is 0 Å². The summed E-state index contributed by atoms with van der Waals surface area (Å²) in [5.74, 6) is 0.663. The van der Waals surface area contributed by atoms with Crippen LogP contribution in [-0.4, -0.2) is 20.4 Å². The van der Waals surface area contributed by atoms with E-state index < -0.39 is 6.04 Å². The number of hydrogen-bond acceptors (Lipinski definition) is 3. The second kappa shape index (κ2) is 12.5. The lowest BCUT2D eigenvalue weighted by Gasteiger charge is -2.31. The minimum Gasteiger partial charge on any atom is -0.328 e. The third-order valence-electron chi connectivity index (χ3n) is 6.91. The van der Waals surface area contributed by atoms with Gasteiger partial charge in [-0.05, 0) is 55.7 Å². The van der Waals surface area contributed by atoms with Crippen molar-refractivity contribution in [2.45, 2.75) is 71.9 Å². The topological polar surface area (TPSA) is 55.2 Å². The number of hydrogen-bond donors (Lipinski definition) is 0. The average Bonchev–Trinajstić information content (AvgIpc) is 2.91. The molecule has 0 saturated carbocycles. The Kier molecular flexibility index (Phi) is 8.89. The predicted octanol–water partition coefficient (Wildman–Crippen LogP) is 7.14. The highest BCUT2D eigenvalue weighted by Gasteiger charge is 2.27. The van der Waals surface area contributed by atoms with Gasteiger partial charge in [-0.1, -0.05) is 87.2 Å². The number of unbranched alkanes of at least 4 members (excludes halogenated alkanes) is 4. The van der Waals surface area contributed by atoms with E-state index in [0.717, 1.165) is 36.1 Å². The molecular weight excluding hydrogens is 458 g/mol. The molecule has 192 valence electrons. The van der Waals surface area contributed by atoms with E-state index in [4.69, 9.17) is 4.98 Å². The number of nitrogens with zero attached hydrogens (tertiary/aromatic N) is 3. The third kappa shape index (κ3) is 6.34. The van der Waals surface area contributed by atoms with E-state index in [1.807, 2.05) is 97.6 Å². The van der Waals surface area contributed by atoms with Gasteiger partial charge < -0.3 is 4.90 Å². The monoisotopic (exact) mass is 495 g/mol. The fourth-order valence-electron chi connectivity index (χ4n) is 4.83. The molecule has 4 aromatic rings. The summed E-state index contributed by atoms with van der Waals surface area (Å²) in [7, 11) is 0. The molecule has 0 saturated heterocycles. The van der Waals surface area contributed by atoms with E-state index in [1.54, 1.807) is 4.57 Å². The Morgan fingerprint density at radius 2 is 1.65 bits per heavy atom. The van der Waals surface area contributed by atoms with Crippen LogP contribution in [0.1, 0.15) is 75.4 Å². The Morgan fingerprint density at radius 3 is 2.41 bits per heavy atom. The number of aromatic nitrogens is 2. The Morgan fingerprint density at radius 1 is 0.919 bits per heavy atom. The summed E-state index contributed by atoms with van der Waals surface area (Å²) in [5.41, 5.74) is 3.39.